The van der Waals surface area contributed by atoms with Crippen LogP contribution in [0, 0.1) is 0 Å². The first-order valence-electron chi connectivity index (χ1n) is 5.71. The van der Waals surface area contributed by atoms with Crippen molar-refractivity contribution >= 4 is 27.8 Å². The SMILES string of the molecule is COCCC(NC(=O)c1cccc(Br)c1)C(=O)OC. The van der Waals surface area contributed by atoms with E-state index >= 15 is 0 Å². The topological polar surface area (TPSA) is 64.6 Å². The second-order valence-electron chi connectivity index (χ2n) is 3.84. The van der Waals surface area contributed by atoms with E-state index in [1.807, 2.05) is 6.07 Å². The van der Waals surface area contributed by atoms with E-state index in [4.69, 9.17) is 4.74 Å². The van der Waals surface area contributed by atoms with E-state index in [0.29, 0.717) is 18.6 Å². The number of halogens is 1. The summed E-state index contributed by atoms with van der Waals surface area (Å²) in [6.07, 6.45) is 0.364. The highest BCUT2D eigenvalue weighted by atomic mass is 79.9. The Hall–Kier alpha value is -1.40. The number of ether oxygens (including phenoxy) is 2. The fraction of sp³-hybridized carbons (Fsp3) is 0.385. The van der Waals surface area contributed by atoms with Gasteiger partial charge in [-0.3, -0.25) is 4.79 Å². The number of nitrogens with one attached hydrogen (secondary N) is 1. The van der Waals surface area contributed by atoms with Crippen molar-refractivity contribution in [3.05, 3.63) is 34.3 Å². The third-order valence-corrected chi connectivity index (χ3v) is 2.98. The molecule has 0 bridgehead atoms. The van der Waals surface area contributed by atoms with Crippen LogP contribution in [-0.4, -0.2) is 38.7 Å². The highest BCUT2D eigenvalue weighted by Crippen LogP contribution is 2.12. The molecule has 0 saturated carbocycles. The van der Waals surface area contributed by atoms with Gasteiger partial charge in [0.2, 0.25) is 0 Å². The maximum absolute atomic E-state index is 12.0. The van der Waals surface area contributed by atoms with E-state index in [-0.39, 0.29) is 5.91 Å². The molecule has 0 saturated heterocycles. The van der Waals surface area contributed by atoms with Crippen LogP contribution in [-0.2, 0) is 14.3 Å². The van der Waals surface area contributed by atoms with Crippen molar-refractivity contribution in [2.45, 2.75) is 12.5 Å². The summed E-state index contributed by atoms with van der Waals surface area (Å²) in [5.74, 6) is -0.812. The fourth-order valence-electron chi connectivity index (χ4n) is 1.50. The quantitative estimate of drug-likeness (QED) is 0.807. The summed E-state index contributed by atoms with van der Waals surface area (Å²) >= 11 is 3.29. The third kappa shape index (κ3) is 5.00. The number of benzene rings is 1. The van der Waals surface area contributed by atoms with Crippen molar-refractivity contribution in [3.8, 4) is 0 Å². The molecular weight excluding hydrogens is 314 g/mol. The fourth-order valence-corrected chi connectivity index (χ4v) is 1.90. The Morgan fingerprint density at radius 2 is 2.11 bits per heavy atom. The van der Waals surface area contributed by atoms with E-state index in [1.165, 1.54) is 14.2 Å². The lowest BCUT2D eigenvalue weighted by Crippen LogP contribution is -2.42. The molecule has 0 aromatic heterocycles. The highest BCUT2D eigenvalue weighted by molar-refractivity contribution is 9.10. The van der Waals surface area contributed by atoms with Crippen molar-refractivity contribution in [2.24, 2.45) is 0 Å². The maximum atomic E-state index is 12.0. The summed E-state index contributed by atoms with van der Waals surface area (Å²) in [6.45, 7) is 0.360. The molecule has 19 heavy (non-hydrogen) atoms. The van der Waals surface area contributed by atoms with Gasteiger partial charge >= 0.3 is 5.97 Å². The smallest absolute Gasteiger partial charge is 0.328 e. The molecule has 1 rings (SSSR count). The maximum Gasteiger partial charge on any atom is 0.328 e. The van der Waals surface area contributed by atoms with Crippen LogP contribution in [0.1, 0.15) is 16.8 Å². The summed E-state index contributed by atoms with van der Waals surface area (Å²) in [5.41, 5.74) is 0.473. The Kier molecular flexibility index (Phi) is 6.52. The largest absolute Gasteiger partial charge is 0.467 e. The zero-order valence-corrected chi connectivity index (χ0v) is 12.4. The molecule has 1 atom stereocenters. The van der Waals surface area contributed by atoms with Crippen LogP contribution in [0.15, 0.2) is 28.7 Å². The van der Waals surface area contributed by atoms with E-state index < -0.39 is 12.0 Å². The first-order valence-corrected chi connectivity index (χ1v) is 6.51. The number of hydrogen-bond donors (Lipinski definition) is 1. The van der Waals surface area contributed by atoms with Gasteiger partial charge in [0.1, 0.15) is 6.04 Å². The van der Waals surface area contributed by atoms with Crippen molar-refractivity contribution < 1.29 is 19.1 Å². The van der Waals surface area contributed by atoms with E-state index in [2.05, 4.69) is 26.0 Å². The van der Waals surface area contributed by atoms with E-state index in [0.717, 1.165) is 4.47 Å². The molecule has 0 aliphatic heterocycles. The van der Waals surface area contributed by atoms with Crippen molar-refractivity contribution in [2.75, 3.05) is 20.8 Å². The van der Waals surface area contributed by atoms with Crippen LogP contribution in [0.4, 0.5) is 0 Å². The lowest BCUT2D eigenvalue weighted by molar-refractivity contribution is -0.143. The molecule has 0 radical (unpaired) electrons. The van der Waals surface area contributed by atoms with Crippen molar-refractivity contribution in [1.82, 2.24) is 5.32 Å². The molecule has 5 nitrogen and oxygen atoms in total. The predicted octanol–water partition coefficient (Wildman–Crippen LogP) is 1.76. The third-order valence-electron chi connectivity index (χ3n) is 2.49. The Balaban J connectivity index is 2.72. The number of hydrogen-bond acceptors (Lipinski definition) is 4. The van der Waals surface area contributed by atoms with Crippen LogP contribution in [0.5, 0.6) is 0 Å². The first kappa shape index (κ1) is 15.7. The number of carbonyl (C=O) groups excluding carboxylic acids is 2. The van der Waals surface area contributed by atoms with E-state index in [9.17, 15) is 9.59 Å². The minimum absolute atomic E-state index is 0.326. The van der Waals surface area contributed by atoms with Gasteiger partial charge in [0, 0.05) is 30.2 Å². The molecule has 1 amide bonds. The second kappa shape index (κ2) is 7.91. The summed E-state index contributed by atoms with van der Waals surface area (Å²) in [4.78, 5) is 23.6. The molecule has 104 valence electrons. The standard InChI is InChI=1S/C13H16BrNO4/c1-18-7-6-11(13(17)19-2)15-12(16)9-4-3-5-10(14)8-9/h3-5,8,11H,6-7H2,1-2H3,(H,15,16). The molecule has 0 fully saturated rings. The predicted molar refractivity (Wildman–Crippen MR) is 73.9 cm³/mol. The lowest BCUT2D eigenvalue weighted by atomic mass is 10.1. The van der Waals surface area contributed by atoms with Crippen LogP contribution < -0.4 is 5.32 Å². The zero-order valence-electron chi connectivity index (χ0n) is 10.8. The minimum atomic E-state index is -0.712. The van der Waals surface area contributed by atoms with Gasteiger partial charge in [-0.25, -0.2) is 4.79 Å². The molecule has 6 heteroatoms. The molecule has 1 unspecified atom stereocenters. The van der Waals surface area contributed by atoms with Gasteiger partial charge < -0.3 is 14.8 Å². The lowest BCUT2D eigenvalue weighted by Gasteiger charge is -2.16. The number of carbonyl (C=O) groups is 2. The number of amides is 1. The molecular formula is C13H16BrNO4. The normalized spacial score (nSPS) is 11.7. The Bertz CT molecular complexity index is 450. The summed E-state index contributed by atoms with van der Waals surface area (Å²) in [6, 6.07) is 6.21. The van der Waals surface area contributed by atoms with Crippen LogP contribution in [0.25, 0.3) is 0 Å². The molecule has 0 aliphatic rings. The van der Waals surface area contributed by atoms with Gasteiger partial charge in [-0.2, -0.15) is 0 Å². The zero-order chi connectivity index (χ0) is 14.3. The number of rotatable bonds is 6. The van der Waals surface area contributed by atoms with Crippen molar-refractivity contribution in [3.63, 3.8) is 0 Å². The van der Waals surface area contributed by atoms with Gasteiger partial charge in [-0.1, -0.05) is 22.0 Å². The Labute approximate surface area is 120 Å². The summed E-state index contributed by atoms with van der Waals surface area (Å²) < 4.78 is 10.4. The van der Waals surface area contributed by atoms with Crippen LogP contribution in [0.3, 0.4) is 0 Å². The van der Waals surface area contributed by atoms with Gasteiger partial charge in [0.05, 0.1) is 7.11 Å². The second-order valence-corrected chi connectivity index (χ2v) is 4.76. The average Bonchev–Trinajstić information content (AvgIpc) is 2.42. The molecule has 0 spiro atoms. The first-order chi connectivity index (χ1) is 9.08. The minimum Gasteiger partial charge on any atom is -0.467 e. The van der Waals surface area contributed by atoms with Gasteiger partial charge in [-0.15, -0.1) is 0 Å². The molecule has 1 N–H and O–H groups in total. The molecule has 0 aliphatic carbocycles. The number of esters is 1. The summed E-state index contributed by atoms with van der Waals surface area (Å²) in [5, 5.41) is 2.63. The highest BCUT2D eigenvalue weighted by Gasteiger charge is 2.21. The van der Waals surface area contributed by atoms with Crippen LogP contribution in [0.2, 0.25) is 0 Å². The van der Waals surface area contributed by atoms with Gasteiger partial charge in [-0.05, 0) is 18.2 Å². The molecule has 1 aromatic carbocycles. The average molecular weight is 330 g/mol. The van der Waals surface area contributed by atoms with Crippen molar-refractivity contribution in [1.29, 1.82) is 0 Å². The molecule has 1 aromatic rings. The summed E-state index contributed by atoms with van der Waals surface area (Å²) in [7, 11) is 2.82. The molecule has 0 heterocycles. The number of methoxy groups -OCH3 is 2. The van der Waals surface area contributed by atoms with Gasteiger partial charge in [0.15, 0.2) is 0 Å². The van der Waals surface area contributed by atoms with Gasteiger partial charge in [0.25, 0.3) is 5.91 Å². The van der Waals surface area contributed by atoms with E-state index in [1.54, 1.807) is 18.2 Å². The Morgan fingerprint density at radius 3 is 2.68 bits per heavy atom. The van der Waals surface area contributed by atoms with Crippen LogP contribution >= 0.6 is 15.9 Å². The monoisotopic (exact) mass is 329 g/mol. The Morgan fingerprint density at radius 1 is 1.37 bits per heavy atom.